The van der Waals surface area contributed by atoms with Crippen molar-refractivity contribution in [3.8, 4) is 0 Å². The Balaban J connectivity index is 3.97. The van der Waals surface area contributed by atoms with Crippen molar-refractivity contribution in [2.75, 3.05) is 6.54 Å². The van der Waals surface area contributed by atoms with Gasteiger partial charge in [0.15, 0.2) is 0 Å². The van der Waals surface area contributed by atoms with Gasteiger partial charge in [-0.3, -0.25) is 0 Å². The predicted molar refractivity (Wildman–Crippen MR) is 58.3 cm³/mol. The van der Waals surface area contributed by atoms with Gasteiger partial charge in [0.2, 0.25) is 0 Å². The molecule has 0 bridgehead atoms. The van der Waals surface area contributed by atoms with Crippen molar-refractivity contribution in [3.05, 3.63) is 11.6 Å². The highest BCUT2D eigenvalue weighted by Gasteiger charge is 2.09. The number of carbonyl (C=O) groups is 1. The number of rotatable bonds is 6. The zero-order valence-corrected chi connectivity index (χ0v) is 9.50. The van der Waals surface area contributed by atoms with Crippen molar-refractivity contribution in [2.45, 2.75) is 40.2 Å². The first kappa shape index (κ1) is 13.2. The molecule has 3 nitrogen and oxygen atoms in total. The molecule has 0 radical (unpaired) electrons. The maximum absolute atomic E-state index is 10.4. The Morgan fingerprint density at radius 2 is 2.07 bits per heavy atom. The fraction of sp³-hybridized carbons (Fsp3) is 0.727. The van der Waals surface area contributed by atoms with Gasteiger partial charge in [0.1, 0.15) is 0 Å². The van der Waals surface area contributed by atoms with Crippen molar-refractivity contribution < 1.29 is 9.90 Å². The first-order chi connectivity index (χ1) is 6.47. The molecule has 1 atom stereocenters. The molecule has 14 heavy (non-hydrogen) atoms. The van der Waals surface area contributed by atoms with E-state index in [9.17, 15) is 4.79 Å². The van der Waals surface area contributed by atoms with Crippen LogP contribution >= 0.6 is 0 Å². The number of carboxylic acid groups (broad SMARTS) is 1. The Morgan fingerprint density at radius 3 is 2.43 bits per heavy atom. The van der Waals surface area contributed by atoms with Crippen molar-refractivity contribution in [1.29, 1.82) is 0 Å². The first-order valence-corrected chi connectivity index (χ1v) is 5.10. The molecule has 1 unspecified atom stereocenters. The molecule has 0 rings (SSSR count). The van der Waals surface area contributed by atoms with E-state index in [1.165, 1.54) is 6.08 Å². The molecule has 0 amide bonds. The van der Waals surface area contributed by atoms with Gasteiger partial charge in [-0.15, -0.1) is 0 Å². The second-order valence-corrected chi connectivity index (χ2v) is 3.97. The van der Waals surface area contributed by atoms with Crippen molar-refractivity contribution in [2.24, 2.45) is 5.92 Å². The van der Waals surface area contributed by atoms with Gasteiger partial charge in [0.05, 0.1) is 0 Å². The number of nitrogens with one attached hydrogen (secondary N) is 1. The fourth-order valence-corrected chi connectivity index (χ4v) is 1.41. The number of carboxylic acids is 1. The maximum atomic E-state index is 10.4. The highest BCUT2D eigenvalue weighted by atomic mass is 16.4. The van der Waals surface area contributed by atoms with Crippen LogP contribution in [0, 0.1) is 5.92 Å². The SMILES string of the molecule is CCC(NCC(C)=CC(=O)O)C(C)C. The molecule has 3 heteroatoms. The van der Waals surface area contributed by atoms with Gasteiger partial charge in [-0.2, -0.15) is 0 Å². The summed E-state index contributed by atoms with van der Waals surface area (Å²) < 4.78 is 0. The van der Waals surface area contributed by atoms with Crippen LogP contribution in [0.1, 0.15) is 34.1 Å². The average molecular weight is 199 g/mol. The molecule has 0 aromatic carbocycles. The molecule has 0 aromatic heterocycles. The zero-order valence-electron chi connectivity index (χ0n) is 9.50. The summed E-state index contributed by atoms with van der Waals surface area (Å²) in [5.41, 5.74) is 0.858. The zero-order chi connectivity index (χ0) is 11.1. The second kappa shape index (κ2) is 6.60. The standard InChI is InChI=1S/C11H21NO2/c1-5-10(8(2)3)12-7-9(4)6-11(13)14/h6,8,10,12H,5,7H2,1-4H3,(H,13,14). The van der Waals surface area contributed by atoms with Gasteiger partial charge in [-0.05, 0) is 19.3 Å². The molecule has 82 valence electrons. The van der Waals surface area contributed by atoms with Crippen LogP contribution in [0.15, 0.2) is 11.6 Å². The van der Waals surface area contributed by atoms with Crippen molar-refractivity contribution in [1.82, 2.24) is 5.32 Å². The normalized spacial score (nSPS) is 14.5. The minimum atomic E-state index is -0.873. The third kappa shape index (κ3) is 5.75. The van der Waals surface area contributed by atoms with Gasteiger partial charge in [-0.25, -0.2) is 4.79 Å². The van der Waals surface area contributed by atoms with Crippen LogP contribution in [0.2, 0.25) is 0 Å². The lowest BCUT2D eigenvalue weighted by atomic mass is 10.0. The molecule has 0 fully saturated rings. The highest BCUT2D eigenvalue weighted by molar-refractivity contribution is 5.80. The summed E-state index contributed by atoms with van der Waals surface area (Å²) in [5, 5.41) is 11.9. The molecule has 0 spiro atoms. The minimum Gasteiger partial charge on any atom is -0.478 e. The Bertz CT molecular complexity index is 209. The number of aliphatic carboxylic acids is 1. The van der Waals surface area contributed by atoms with Crippen LogP contribution in [0.5, 0.6) is 0 Å². The molecule has 0 aromatic rings. The van der Waals surface area contributed by atoms with Gasteiger partial charge < -0.3 is 10.4 Å². The van der Waals surface area contributed by atoms with Crippen molar-refractivity contribution in [3.63, 3.8) is 0 Å². The van der Waals surface area contributed by atoms with E-state index in [0.29, 0.717) is 18.5 Å². The van der Waals surface area contributed by atoms with E-state index in [2.05, 4.69) is 26.1 Å². The molecule has 0 aliphatic rings. The van der Waals surface area contributed by atoms with E-state index in [-0.39, 0.29) is 0 Å². The maximum Gasteiger partial charge on any atom is 0.328 e. The van der Waals surface area contributed by atoms with E-state index in [0.717, 1.165) is 12.0 Å². The van der Waals surface area contributed by atoms with Gasteiger partial charge >= 0.3 is 5.97 Å². The molecule has 2 N–H and O–H groups in total. The average Bonchev–Trinajstić information content (AvgIpc) is 2.03. The minimum absolute atomic E-state index is 0.465. The van der Waals surface area contributed by atoms with Gasteiger partial charge in [-0.1, -0.05) is 26.3 Å². The van der Waals surface area contributed by atoms with Crippen LogP contribution < -0.4 is 5.32 Å². The van der Waals surface area contributed by atoms with E-state index < -0.39 is 5.97 Å². The lowest BCUT2D eigenvalue weighted by Gasteiger charge is -2.20. The van der Waals surface area contributed by atoms with E-state index in [1.54, 1.807) is 0 Å². The smallest absolute Gasteiger partial charge is 0.328 e. The molecule has 0 saturated heterocycles. The van der Waals surface area contributed by atoms with Crippen LogP contribution in [0.3, 0.4) is 0 Å². The molecule has 0 aliphatic carbocycles. The van der Waals surface area contributed by atoms with Crippen molar-refractivity contribution >= 4 is 5.97 Å². The Labute approximate surface area is 86.2 Å². The topological polar surface area (TPSA) is 49.3 Å². The predicted octanol–water partition coefficient (Wildman–Crippen LogP) is 2.04. The summed E-state index contributed by atoms with van der Waals surface area (Å²) in [6.45, 7) is 8.94. The number of hydrogen-bond donors (Lipinski definition) is 2. The Hall–Kier alpha value is -0.830. The monoisotopic (exact) mass is 199 g/mol. The van der Waals surface area contributed by atoms with E-state index >= 15 is 0 Å². The third-order valence-corrected chi connectivity index (χ3v) is 2.26. The Morgan fingerprint density at radius 1 is 1.50 bits per heavy atom. The Kier molecular flexibility index (Phi) is 6.21. The van der Waals surface area contributed by atoms with Gasteiger partial charge in [0.25, 0.3) is 0 Å². The lowest BCUT2D eigenvalue weighted by Crippen LogP contribution is -2.34. The largest absolute Gasteiger partial charge is 0.478 e. The quantitative estimate of drug-likeness (QED) is 0.644. The summed E-state index contributed by atoms with van der Waals surface area (Å²) in [6.07, 6.45) is 2.32. The molecular weight excluding hydrogens is 178 g/mol. The van der Waals surface area contributed by atoms with Crippen LogP contribution in [0.25, 0.3) is 0 Å². The first-order valence-electron chi connectivity index (χ1n) is 5.10. The number of hydrogen-bond acceptors (Lipinski definition) is 2. The van der Waals surface area contributed by atoms with E-state index in [4.69, 9.17) is 5.11 Å². The molecule has 0 aliphatic heterocycles. The van der Waals surface area contributed by atoms with E-state index in [1.807, 2.05) is 6.92 Å². The summed E-state index contributed by atoms with van der Waals surface area (Å²) in [6, 6.07) is 0.465. The third-order valence-electron chi connectivity index (χ3n) is 2.26. The van der Waals surface area contributed by atoms with Crippen LogP contribution in [-0.4, -0.2) is 23.7 Å². The highest BCUT2D eigenvalue weighted by Crippen LogP contribution is 2.05. The summed E-state index contributed by atoms with van der Waals surface area (Å²) >= 11 is 0. The fourth-order valence-electron chi connectivity index (χ4n) is 1.41. The molecule has 0 saturated carbocycles. The van der Waals surface area contributed by atoms with Crippen LogP contribution in [-0.2, 0) is 4.79 Å². The molecule has 0 heterocycles. The van der Waals surface area contributed by atoms with Crippen LogP contribution in [0.4, 0.5) is 0 Å². The summed E-state index contributed by atoms with van der Waals surface area (Å²) in [4.78, 5) is 10.4. The second-order valence-electron chi connectivity index (χ2n) is 3.97. The summed E-state index contributed by atoms with van der Waals surface area (Å²) in [7, 11) is 0. The summed E-state index contributed by atoms with van der Waals surface area (Å²) in [5.74, 6) is -0.292. The lowest BCUT2D eigenvalue weighted by molar-refractivity contribution is -0.131. The molecular formula is C11H21NO2. The van der Waals surface area contributed by atoms with Gasteiger partial charge in [0, 0.05) is 18.7 Å².